The van der Waals surface area contributed by atoms with Crippen LogP contribution in [0.2, 0.25) is 0 Å². The molecule has 0 unspecified atom stereocenters. The maximum Gasteiger partial charge on any atom is 0.254 e. The van der Waals surface area contributed by atoms with Crippen LogP contribution >= 0.6 is 0 Å². The molecule has 27 heavy (non-hydrogen) atoms. The van der Waals surface area contributed by atoms with E-state index in [1.54, 1.807) is 6.33 Å². The quantitative estimate of drug-likeness (QED) is 0.815. The van der Waals surface area contributed by atoms with Gasteiger partial charge in [-0.2, -0.15) is 0 Å². The summed E-state index contributed by atoms with van der Waals surface area (Å²) in [6.45, 7) is 6.23. The van der Waals surface area contributed by atoms with Gasteiger partial charge in [0, 0.05) is 43.1 Å². The zero-order valence-electron chi connectivity index (χ0n) is 16.7. The molecule has 0 atom stereocenters. The predicted octanol–water partition coefficient (Wildman–Crippen LogP) is 2.91. The molecule has 1 fully saturated rings. The molecule has 1 aliphatic rings. The second-order valence-electron chi connectivity index (χ2n) is 7.60. The van der Waals surface area contributed by atoms with E-state index in [4.69, 9.17) is 0 Å². The van der Waals surface area contributed by atoms with Crippen molar-refractivity contribution in [3.8, 4) is 0 Å². The van der Waals surface area contributed by atoms with Gasteiger partial charge >= 0.3 is 0 Å². The number of piperidine rings is 1. The summed E-state index contributed by atoms with van der Waals surface area (Å²) in [6.07, 6.45) is 5.51. The van der Waals surface area contributed by atoms with Gasteiger partial charge in [0.1, 0.15) is 0 Å². The van der Waals surface area contributed by atoms with Crippen molar-refractivity contribution in [1.29, 1.82) is 0 Å². The Hall–Kier alpha value is -2.34. The standard InChI is InChI=1S/C21H31N5O/c1-17-20(23-16-22-17)15-26(14-13-24(2)3)21(27)18-7-9-19(10-8-18)25-11-5-4-6-12-25/h7-10,16H,4-6,11-15H2,1-3H3,(H,22,23). The van der Waals surface area contributed by atoms with Crippen molar-refractivity contribution in [3.05, 3.63) is 47.5 Å². The molecule has 1 aromatic heterocycles. The van der Waals surface area contributed by atoms with Crippen molar-refractivity contribution in [2.75, 3.05) is 45.2 Å². The lowest BCUT2D eigenvalue weighted by atomic mass is 10.1. The number of aryl methyl sites for hydroxylation is 1. The fraction of sp³-hybridized carbons (Fsp3) is 0.524. The van der Waals surface area contributed by atoms with E-state index in [9.17, 15) is 4.79 Å². The third-order valence-corrected chi connectivity index (χ3v) is 5.21. The SMILES string of the molecule is Cc1[nH]cnc1CN(CCN(C)C)C(=O)c1ccc(N2CCCCC2)cc1. The smallest absolute Gasteiger partial charge is 0.254 e. The Kier molecular flexibility index (Phi) is 6.50. The minimum absolute atomic E-state index is 0.0597. The van der Waals surface area contributed by atoms with E-state index in [1.807, 2.05) is 38.1 Å². The van der Waals surface area contributed by atoms with Crippen molar-refractivity contribution in [2.24, 2.45) is 0 Å². The fourth-order valence-electron chi connectivity index (χ4n) is 3.45. The summed E-state index contributed by atoms with van der Waals surface area (Å²) in [5, 5.41) is 0. The van der Waals surface area contributed by atoms with E-state index >= 15 is 0 Å². The van der Waals surface area contributed by atoms with E-state index in [0.29, 0.717) is 13.1 Å². The van der Waals surface area contributed by atoms with Crippen LogP contribution in [0.15, 0.2) is 30.6 Å². The summed E-state index contributed by atoms with van der Waals surface area (Å²) in [7, 11) is 4.05. The number of nitrogens with zero attached hydrogens (tertiary/aromatic N) is 4. The third kappa shape index (κ3) is 5.10. The van der Waals surface area contributed by atoms with Crippen LogP contribution in [0.5, 0.6) is 0 Å². The third-order valence-electron chi connectivity index (χ3n) is 5.21. The highest BCUT2D eigenvalue weighted by atomic mass is 16.2. The molecule has 6 nitrogen and oxygen atoms in total. The Bertz CT molecular complexity index is 731. The van der Waals surface area contributed by atoms with Crippen molar-refractivity contribution < 1.29 is 4.79 Å². The number of imidazole rings is 1. The summed E-state index contributed by atoms with van der Waals surface area (Å²) >= 11 is 0. The molecule has 0 aliphatic carbocycles. The Morgan fingerprint density at radius 1 is 1.11 bits per heavy atom. The molecule has 6 heteroatoms. The Labute approximate surface area is 162 Å². The van der Waals surface area contributed by atoms with Gasteiger partial charge < -0.3 is 19.7 Å². The van der Waals surface area contributed by atoms with Gasteiger partial charge in [-0.15, -0.1) is 0 Å². The molecule has 0 spiro atoms. The molecule has 1 saturated heterocycles. The van der Waals surface area contributed by atoms with Crippen molar-refractivity contribution >= 4 is 11.6 Å². The van der Waals surface area contributed by atoms with Crippen molar-refractivity contribution in [2.45, 2.75) is 32.7 Å². The number of aromatic amines is 1. The number of hydrogen-bond donors (Lipinski definition) is 1. The van der Waals surface area contributed by atoms with Gasteiger partial charge in [-0.05, 0) is 64.5 Å². The first kappa shape index (κ1) is 19.4. The summed E-state index contributed by atoms with van der Waals surface area (Å²) in [5.74, 6) is 0.0597. The molecule has 0 radical (unpaired) electrons. The molecule has 1 amide bonds. The lowest BCUT2D eigenvalue weighted by Crippen LogP contribution is -2.36. The number of carbonyl (C=O) groups excluding carboxylic acids is 1. The number of anilines is 1. The number of carbonyl (C=O) groups is 1. The zero-order valence-corrected chi connectivity index (χ0v) is 16.7. The summed E-state index contributed by atoms with van der Waals surface area (Å²) < 4.78 is 0. The number of nitrogens with one attached hydrogen (secondary N) is 1. The summed E-state index contributed by atoms with van der Waals surface area (Å²) in [5.41, 5.74) is 3.89. The molecule has 2 aromatic rings. The van der Waals surface area contributed by atoms with Crippen LogP contribution < -0.4 is 4.90 Å². The van der Waals surface area contributed by atoms with E-state index in [0.717, 1.165) is 36.6 Å². The molecule has 1 aromatic carbocycles. The van der Waals surface area contributed by atoms with Crippen LogP contribution in [-0.2, 0) is 6.54 Å². The van der Waals surface area contributed by atoms with Crippen LogP contribution in [0.4, 0.5) is 5.69 Å². The van der Waals surface area contributed by atoms with E-state index < -0.39 is 0 Å². The van der Waals surface area contributed by atoms with Gasteiger partial charge in [-0.1, -0.05) is 0 Å². The minimum atomic E-state index is 0.0597. The maximum absolute atomic E-state index is 13.1. The summed E-state index contributed by atoms with van der Waals surface area (Å²) in [6, 6.07) is 8.10. The van der Waals surface area contributed by atoms with Crippen molar-refractivity contribution in [1.82, 2.24) is 19.8 Å². The normalized spacial score (nSPS) is 14.6. The van der Waals surface area contributed by atoms with Crippen LogP contribution in [0.1, 0.15) is 41.0 Å². The highest BCUT2D eigenvalue weighted by Gasteiger charge is 2.19. The molecular formula is C21H31N5O. The fourth-order valence-corrected chi connectivity index (χ4v) is 3.45. The number of aromatic nitrogens is 2. The lowest BCUT2D eigenvalue weighted by molar-refractivity contribution is 0.0730. The average molecular weight is 370 g/mol. The average Bonchev–Trinajstić information content (AvgIpc) is 3.10. The molecule has 1 N–H and O–H groups in total. The van der Waals surface area contributed by atoms with Gasteiger partial charge in [0.25, 0.3) is 5.91 Å². The van der Waals surface area contributed by atoms with E-state index in [1.165, 1.54) is 24.9 Å². The Morgan fingerprint density at radius 3 is 2.41 bits per heavy atom. The monoisotopic (exact) mass is 369 g/mol. The number of likely N-dealkylation sites (N-methyl/N-ethyl adjacent to an activating group) is 1. The van der Waals surface area contributed by atoms with Gasteiger partial charge in [-0.25, -0.2) is 4.98 Å². The van der Waals surface area contributed by atoms with E-state index in [2.05, 4.69) is 31.9 Å². The van der Waals surface area contributed by atoms with Gasteiger partial charge in [0.15, 0.2) is 0 Å². The summed E-state index contributed by atoms with van der Waals surface area (Å²) in [4.78, 5) is 27.0. The molecular weight excluding hydrogens is 338 g/mol. The first-order chi connectivity index (χ1) is 13.0. The number of amides is 1. The van der Waals surface area contributed by atoms with Gasteiger partial charge in [-0.3, -0.25) is 4.79 Å². The highest BCUT2D eigenvalue weighted by Crippen LogP contribution is 2.21. The maximum atomic E-state index is 13.1. The molecule has 2 heterocycles. The van der Waals surface area contributed by atoms with Crippen LogP contribution in [-0.4, -0.2) is 65.9 Å². The predicted molar refractivity (Wildman–Crippen MR) is 109 cm³/mol. The topological polar surface area (TPSA) is 55.5 Å². The van der Waals surface area contributed by atoms with E-state index in [-0.39, 0.29) is 5.91 Å². The molecule has 0 bridgehead atoms. The molecule has 3 rings (SSSR count). The first-order valence-electron chi connectivity index (χ1n) is 9.82. The second-order valence-corrected chi connectivity index (χ2v) is 7.60. The zero-order chi connectivity index (χ0) is 19.2. The van der Waals surface area contributed by atoms with Gasteiger partial charge in [0.2, 0.25) is 0 Å². The number of benzene rings is 1. The molecule has 146 valence electrons. The Morgan fingerprint density at radius 2 is 1.81 bits per heavy atom. The number of H-pyrrole nitrogens is 1. The highest BCUT2D eigenvalue weighted by molar-refractivity contribution is 5.94. The number of hydrogen-bond acceptors (Lipinski definition) is 4. The van der Waals surface area contributed by atoms with Crippen LogP contribution in [0.3, 0.4) is 0 Å². The van der Waals surface area contributed by atoms with Crippen LogP contribution in [0, 0.1) is 6.92 Å². The van der Waals surface area contributed by atoms with Gasteiger partial charge in [0.05, 0.1) is 18.6 Å². The molecule has 1 aliphatic heterocycles. The van der Waals surface area contributed by atoms with Crippen LogP contribution in [0.25, 0.3) is 0 Å². The minimum Gasteiger partial charge on any atom is -0.372 e. The van der Waals surface area contributed by atoms with Crippen molar-refractivity contribution in [3.63, 3.8) is 0 Å². The largest absolute Gasteiger partial charge is 0.372 e. The number of rotatable bonds is 7. The molecule has 0 saturated carbocycles. The lowest BCUT2D eigenvalue weighted by Gasteiger charge is -2.29. The first-order valence-corrected chi connectivity index (χ1v) is 9.82. The Balaban J connectivity index is 1.72. The second kappa shape index (κ2) is 9.04.